The van der Waals surface area contributed by atoms with Crippen molar-refractivity contribution in [2.24, 2.45) is 17.2 Å². The summed E-state index contributed by atoms with van der Waals surface area (Å²) in [5.74, 6) is -4.49. The maximum Gasteiger partial charge on any atom is 0.243 e. The van der Waals surface area contributed by atoms with E-state index in [2.05, 4.69) is 26.3 Å². The summed E-state index contributed by atoms with van der Waals surface area (Å²) in [6, 6.07) is 22.4. The first kappa shape index (κ1) is 43.0. The molecule has 316 valence electrons. The fourth-order valence-corrected chi connectivity index (χ4v) is 6.84. The zero-order chi connectivity index (χ0) is 44.1. The predicted octanol–water partition coefficient (Wildman–Crippen LogP) is 1.75. The van der Waals surface area contributed by atoms with E-state index in [0.29, 0.717) is 35.8 Å². The number of benzene rings is 4. The molecule has 15 nitrogen and oxygen atoms in total. The summed E-state index contributed by atoms with van der Waals surface area (Å²) < 4.78 is 9.12. The third kappa shape index (κ3) is 12.5. The van der Waals surface area contributed by atoms with E-state index in [1.807, 2.05) is 66.7 Å². The smallest absolute Gasteiger partial charge is 0.243 e. The van der Waals surface area contributed by atoms with Gasteiger partial charge in [0.15, 0.2) is 1.41 Å². The molecule has 5 aromatic rings. The number of hydrogen-bond donors (Lipinski definition) is 9. The second kappa shape index (κ2) is 21.4. The molecule has 0 saturated heterocycles. The van der Waals surface area contributed by atoms with Crippen LogP contribution in [-0.4, -0.2) is 83.2 Å². The quantitative estimate of drug-likeness (QED) is 0.0492. The Morgan fingerprint density at radius 1 is 0.633 bits per heavy atom. The molecule has 0 aliphatic rings. The average Bonchev–Trinajstić information content (AvgIpc) is 3.66. The van der Waals surface area contributed by atoms with Gasteiger partial charge in [-0.05, 0) is 73.2 Å². The van der Waals surface area contributed by atoms with E-state index in [1.165, 1.54) is 13.8 Å². The number of aromatic amines is 1. The van der Waals surface area contributed by atoms with E-state index in [-0.39, 0.29) is 25.7 Å². The summed E-state index contributed by atoms with van der Waals surface area (Å²) in [5, 5.41) is 13.9. The number of carbonyl (C=O) groups excluding carboxylic acids is 6. The Morgan fingerprint density at radius 2 is 1.23 bits per heavy atom. The second-order valence-corrected chi connectivity index (χ2v) is 15.0. The van der Waals surface area contributed by atoms with Gasteiger partial charge in [-0.25, -0.2) is 0 Å². The number of H-pyrrole nitrogens is 1. The molecule has 60 heavy (non-hydrogen) atoms. The Bertz CT molecular complexity index is 2320. The van der Waals surface area contributed by atoms with Gasteiger partial charge in [0, 0.05) is 36.4 Å². The van der Waals surface area contributed by atoms with Gasteiger partial charge in [-0.3, -0.25) is 28.8 Å². The van der Waals surface area contributed by atoms with Crippen molar-refractivity contribution in [1.82, 2.24) is 31.6 Å². The monoisotopic (exact) mass is 818 g/mol. The third-order valence-electron chi connectivity index (χ3n) is 10.2. The van der Waals surface area contributed by atoms with Gasteiger partial charge in [-0.15, -0.1) is 0 Å². The molecule has 0 radical (unpaired) electrons. The summed E-state index contributed by atoms with van der Waals surface area (Å²) in [6.07, 6.45) is 2.99. The molecular weight excluding hydrogens is 763 g/mol. The van der Waals surface area contributed by atoms with Crippen LogP contribution in [0.25, 0.3) is 21.7 Å². The number of rotatable bonds is 21. The lowest BCUT2D eigenvalue weighted by atomic mass is 10.0. The molecule has 0 saturated carbocycles. The molecule has 12 N–H and O–H groups in total. The van der Waals surface area contributed by atoms with Gasteiger partial charge in [0.05, 0.1) is 6.04 Å². The van der Waals surface area contributed by atoms with Crippen LogP contribution >= 0.6 is 0 Å². The largest absolute Gasteiger partial charge is 0.368 e. The molecule has 0 aliphatic carbocycles. The molecule has 0 bridgehead atoms. The number of aromatic nitrogens is 1. The minimum Gasteiger partial charge on any atom is -0.368 e. The lowest BCUT2D eigenvalue weighted by Crippen LogP contribution is -2.59. The molecular formula is C45H55N9O6. The highest BCUT2D eigenvalue weighted by molar-refractivity contribution is 5.97. The Balaban J connectivity index is 1.40. The van der Waals surface area contributed by atoms with E-state index in [0.717, 1.165) is 27.2 Å². The van der Waals surface area contributed by atoms with E-state index in [1.54, 1.807) is 36.5 Å². The van der Waals surface area contributed by atoms with Crippen molar-refractivity contribution in [1.29, 1.82) is 0 Å². The average molecular weight is 819 g/mol. The van der Waals surface area contributed by atoms with Gasteiger partial charge in [-0.1, -0.05) is 91.0 Å². The summed E-state index contributed by atoms with van der Waals surface area (Å²) in [4.78, 5) is 84.6. The number of nitrogens with one attached hydrogen (secondary N) is 6. The zero-order valence-electron chi connectivity index (χ0n) is 34.9. The van der Waals surface area contributed by atoms with Crippen LogP contribution in [0.4, 0.5) is 0 Å². The van der Waals surface area contributed by atoms with E-state index in [4.69, 9.17) is 18.6 Å². The van der Waals surface area contributed by atoms with Crippen LogP contribution in [0.3, 0.4) is 0 Å². The van der Waals surface area contributed by atoms with Crippen molar-refractivity contribution in [3.8, 4) is 0 Å². The lowest BCUT2D eigenvalue weighted by Gasteiger charge is -2.26. The van der Waals surface area contributed by atoms with Crippen molar-refractivity contribution in [3.63, 3.8) is 0 Å². The number of carbonyl (C=O) groups is 6. The summed E-state index contributed by atoms with van der Waals surface area (Å²) in [5.41, 5.74) is 19.9. The molecule has 0 unspecified atom stereocenters. The van der Waals surface area contributed by atoms with Gasteiger partial charge >= 0.3 is 0 Å². The van der Waals surface area contributed by atoms with Gasteiger partial charge < -0.3 is 48.8 Å². The minimum absolute atomic E-state index is 0.0106. The fourth-order valence-electron chi connectivity index (χ4n) is 6.84. The number of primary amides is 1. The van der Waals surface area contributed by atoms with Crippen LogP contribution in [-0.2, 0) is 48.0 Å². The minimum atomic E-state index is -1.51. The van der Waals surface area contributed by atoms with Crippen molar-refractivity contribution in [2.45, 2.75) is 88.6 Å². The van der Waals surface area contributed by atoms with Gasteiger partial charge in [-0.2, -0.15) is 0 Å². The van der Waals surface area contributed by atoms with Crippen LogP contribution in [0, 0.1) is 0 Å². The Labute approximate surface area is 350 Å². The first-order valence-electron chi connectivity index (χ1n) is 20.5. The van der Waals surface area contributed by atoms with Crippen LogP contribution in [0.5, 0.6) is 0 Å². The van der Waals surface area contributed by atoms with E-state index in [9.17, 15) is 28.8 Å². The molecule has 15 heteroatoms. The molecule has 0 aliphatic heterocycles. The van der Waals surface area contributed by atoms with E-state index >= 15 is 0 Å². The first-order chi connectivity index (χ1) is 29.2. The summed E-state index contributed by atoms with van der Waals surface area (Å²) in [6.45, 7) is 3.25. The number of unbranched alkanes of at least 4 members (excludes halogenated alkanes) is 1. The molecule has 6 amide bonds. The number of nitrogens with two attached hydrogens (primary N) is 3. The Kier molecular flexibility index (Phi) is 15.4. The normalized spacial score (nSPS) is 14.4. The van der Waals surface area contributed by atoms with Gasteiger partial charge in [0.1, 0.15) is 30.2 Å². The van der Waals surface area contributed by atoms with Crippen LogP contribution in [0.2, 0.25) is 1.41 Å². The highest BCUT2D eigenvalue weighted by Crippen LogP contribution is 2.20. The van der Waals surface area contributed by atoms with Crippen LogP contribution in [0.1, 0.15) is 49.8 Å². The number of para-hydroxylation sites is 1. The molecule has 0 spiro atoms. The molecule has 1 heterocycles. The van der Waals surface area contributed by atoms with Crippen molar-refractivity contribution < 1.29 is 30.2 Å². The van der Waals surface area contributed by atoms with Gasteiger partial charge in [0.25, 0.3) is 0 Å². The topological polar surface area (TPSA) is 256 Å². The fraction of sp³-hybridized carbons (Fsp3) is 0.333. The lowest BCUT2D eigenvalue weighted by molar-refractivity contribution is -0.134. The molecule has 5 rings (SSSR count). The second-order valence-electron chi connectivity index (χ2n) is 15.0. The van der Waals surface area contributed by atoms with E-state index < -0.39 is 71.7 Å². The highest BCUT2D eigenvalue weighted by atomic mass is 16.2. The first-order valence-corrected chi connectivity index (χ1v) is 20.1. The summed E-state index contributed by atoms with van der Waals surface area (Å²) >= 11 is 0. The van der Waals surface area contributed by atoms with Crippen molar-refractivity contribution in [2.75, 3.05) is 6.54 Å². The molecule has 6 atom stereocenters. The van der Waals surface area contributed by atoms with Crippen LogP contribution in [0.15, 0.2) is 103 Å². The Hall–Kier alpha value is -6.58. The Morgan fingerprint density at radius 3 is 1.93 bits per heavy atom. The number of fused-ring (bicyclic) bond motifs is 2. The number of hydrogen-bond acceptors (Lipinski definition) is 8. The standard InChI is InChI=1S/C45H55N9O6/c1-27(47)41(56)52-38(24-30-19-20-31-14-6-7-15-32(31)22-30)43(58)50-28(2)42(57)53-39(25-33-26-49-35-17-9-8-16-34(33)35)45(60)54-37(23-29-12-4-3-5-13-29)44(59)51-36(40(48)55)18-10-11-21-46/h3-9,12-17,19-20,22,26-28,36-39,49H,10-11,18,21,23-25,46-47H2,1-2H3,(H2,48,55)(H,50,58)(H,51,59)(H,52,56)(H,53,57)(H,54,60)/t27-,28+,36+,37+,38-,39+/m1/s1/i/hD. The highest BCUT2D eigenvalue weighted by Gasteiger charge is 2.32. The van der Waals surface area contributed by atoms with Crippen molar-refractivity contribution >= 4 is 57.1 Å². The number of amides is 6. The van der Waals surface area contributed by atoms with Gasteiger partial charge in [0.2, 0.25) is 35.4 Å². The third-order valence-corrected chi connectivity index (χ3v) is 10.2. The molecule has 4 aromatic carbocycles. The van der Waals surface area contributed by atoms with Crippen LogP contribution < -0.4 is 43.8 Å². The maximum absolute atomic E-state index is 14.5. The molecule has 0 fully saturated rings. The molecule has 1 aromatic heterocycles. The summed E-state index contributed by atoms with van der Waals surface area (Å²) in [7, 11) is 0. The zero-order valence-corrected chi connectivity index (χ0v) is 33.9. The predicted molar refractivity (Wildman–Crippen MR) is 231 cm³/mol. The maximum atomic E-state index is 14.5. The van der Waals surface area contributed by atoms with Crippen molar-refractivity contribution in [3.05, 3.63) is 120 Å². The SMILES string of the molecule is [2H]N(C(=O)[C@H](C)NC(=O)[C@@H](Cc1ccc2ccccc2c1)NC(=O)[C@@H](C)N)[C@@H](Cc1c[nH]c2ccccc12)C(=O)N[C@@H](Cc1ccccc1)C(=O)N[C@@H](CCCCN)C(N)=O.